The van der Waals surface area contributed by atoms with Gasteiger partial charge < -0.3 is 14.4 Å². The Morgan fingerprint density at radius 1 is 0.862 bits per heavy atom. The maximum atomic E-state index is 12.9. The third-order valence-electron chi connectivity index (χ3n) is 5.78. The molecule has 2 aromatic rings. The van der Waals surface area contributed by atoms with E-state index in [1.165, 1.54) is 11.4 Å². The predicted molar refractivity (Wildman–Crippen MR) is 116 cm³/mol. The van der Waals surface area contributed by atoms with Gasteiger partial charge in [0.15, 0.2) is 0 Å². The topological polar surface area (TPSA) is 48.8 Å². The number of rotatable bonds is 6. The highest BCUT2D eigenvalue weighted by molar-refractivity contribution is 5.94. The van der Waals surface area contributed by atoms with Crippen LogP contribution in [0.2, 0.25) is 0 Å². The van der Waals surface area contributed by atoms with Crippen LogP contribution in [-0.2, 0) is 4.79 Å². The number of hydrogen-bond acceptors (Lipinski definition) is 3. The fourth-order valence-corrected chi connectivity index (χ4v) is 3.99. The second-order valence-electron chi connectivity index (χ2n) is 7.63. The number of carbonyl (C=O) groups excluding carboxylic acids is 2. The molecule has 0 atom stereocenters. The van der Waals surface area contributed by atoms with Gasteiger partial charge in [0.25, 0.3) is 5.91 Å². The monoisotopic (exact) mass is 396 g/mol. The highest BCUT2D eigenvalue weighted by Crippen LogP contribution is 2.18. The molecule has 1 fully saturated rings. The Hall–Kier alpha value is -2.60. The number of amides is 2. The SMILES string of the molecule is CCN(CC)C(=O)CN1CCN(C(=O)c2ccc(-n3c(C)ccc3C)cc2)CC1. The summed E-state index contributed by atoms with van der Waals surface area (Å²) in [5.41, 5.74) is 4.14. The van der Waals surface area contributed by atoms with E-state index in [9.17, 15) is 9.59 Å². The van der Waals surface area contributed by atoms with Gasteiger partial charge in [0.2, 0.25) is 5.91 Å². The van der Waals surface area contributed by atoms with E-state index in [1.807, 2.05) is 47.9 Å². The zero-order chi connectivity index (χ0) is 21.0. The maximum absolute atomic E-state index is 12.9. The van der Waals surface area contributed by atoms with Crippen molar-refractivity contribution in [1.29, 1.82) is 0 Å². The third kappa shape index (κ3) is 4.70. The van der Waals surface area contributed by atoms with Crippen LogP contribution in [-0.4, -0.2) is 76.9 Å². The number of carbonyl (C=O) groups is 2. The van der Waals surface area contributed by atoms with Crippen LogP contribution in [0.15, 0.2) is 36.4 Å². The van der Waals surface area contributed by atoms with Crippen molar-refractivity contribution in [3.63, 3.8) is 0 Å². The van der Waals surface area contributed by atoms with Crippen LogP contribution < -0.4 is 0 Å². The van der Waals surface area contributed by atoms with Gasteiger partial charge in [-0.3, -0.25) is 14.5 Å². The molecule has 6 heteroatoms. The molecular weight excluding hydrogens is 364 g/mol. The van der Waals surface area contributed by atoms with Gasteiger partial charge in [-0.15, -0.1) is 0 Å². The summed E-state index contributed by atoms with van der Waals surface area (Å²) < 4.78 is 2.18. The summed E-state index contributed by atoms with van der Waals surface area (Å²) in [5.74, 6) is 0.230. The predicted octanol–water partition coefficient (Wildman–Crippen LogP) is 2.72. The molecule has 0 unspecified atom stereocenters. The van der Waals surface area contributed by atoms with Crippen molar-refractivity contribution >= 4 is 11.8 Å². The average Bonchev–Trinajstić information content (AvgIpc) is 3.07. The lowest BCUT2D eigenvalue weighted by Gasteiger charge is -2.35. The minimum absolute atomic E-state index is 0.0622. The second-order valence-corrected chi connectivity index (χ2v) is 7.63. The zero-order valence-electron chi connectivity index (χ0n) is 18.0. The second kappa shape index (κ2) is 9.27. The standard InChI is InChI=1S/C23H32N4O2/c1-5-25(6-2)22(28)17-24-13-15-26(16-14-24)23(29)20-9-11-21(12-10-20)27-18(3)7-8-19(27)4/h7-12H,5-6,13-17H2,1-4H3. The Labute approximate surface area is 173 Å². The number of hydrogen-bond donors (Lipinski definition) is 0. The molecule has 0 spiro atoms. The molecule has 0 N–H and O–H groups in total. The molecule has 1 aliphatic heterocycles. The lowest BCUT2D eigenvalue weighted by molar-refractivity contribution is -0.132. The first-order valence-corrected chi connectivity index (χ1v) is 10.5. The van der Waals surface area contributed by atoms with Crippen molar-refractivity contribution in [1.82, 2.24) is 19.3 Å². The molecule has 2 heterocycles. The van der Waals surface area contributed by atoms with Crippen molar-refractivity contribution in [2.75, 3.05) is 45.8 Å². The fraction of sp³-hybridized carbons (Fsp3) is 0.478. The van der Waals surface area contributed by atoms with Crippen molar-refractivity contribution < 1.29 is 9.59 Å². The maximum Gasteiger partial charge on any atom is 0.253 e. The first-order chi connectivity index (χ1) is 13.9. The van der Waals surface area contributed by atoms with Gasteiger partial charge in [-0.25, -0.2) is 0 Å². The molecule has 2 amide bonds. The molecule has 156 valence electrons. The van der Waals surface area contributed by atoms with Gasteiger partial charge in [-0.1, -0.05) is 0 Å². The van der Waals surface area contributed by atoms with Gasteiger partial charge in [-0.2, -0.15) is 0 Å². The molecular formula is C23H32N4O2. The van der Waals surface area contributed by atoms with E-state index in [0.717, 1.165) is 31.9 Å². The van der Waals surface area contributed by atoms with E-state index in [0.29, 0.717) is 25.2 Å². The quantitative estimate of drug-likeness (QED) is 0.754. The Balaban J connectivity index is 1.57. The smallest absolute Gasteiger partial charge is 0.253 e. The van der Waals surface area contributed by atoms with Crippen molar-refractivity contribution in [3.05, 3.63) is 53.3 Å². The summed E-state index contributed by atoms with van der Waals surface area (Å²) >= 11 is 0. The minimum Gasteiger partial charge on any atom is -0.342 e. The molecule has 0 aliphatic carbocycles. The Morgan fingerprint density at radius 3 is 1.93 bits per heavy atom. The van der Waals surface area contributed by atoms with Crippen molar-refractivity contribution in [3.8, 4) is 5.69 Å². The van der Waals surface area contributed by atoms with Gasteiger partial charge >= 0.3 is 0 Å². The molecule has 0 bridgehead atoms. The van der Waals surface area contributed by atoms with Gasteiger partial charge in [0, 0.05) is 61.9 Å². The molecule has 6 nitrogen and oxygen atoms in total. The first-order valence-electron chi connectivity index (χ1n) is 10.5. The van der Waals surface area contributed by atoms with Crippen LogP contribution >= 0.6 is 0 Å². The summed E-state index contributed by atoms with van der Waals surface area (Å²) in [7, 11) is 0. The highest BCUT2D eigenvalue weighted by Gasteiger charge is 2.24. The number of nitrogens with zero attached hydrogens (tertiary/aromatic N) is 4. The first kappa shape index (κ1) is 21.1. The number of aromatic nitrogens is 1. The Bertz CT molecular complexity index is 825. The molecule has 29 heavy (non-hydrogen) atoms. The number of aryl methyl sites for hydroxylation is 2. The number of likely N-dealkylation sites (N-methyl/N-ethyl adjacent to an activating group) is 1. The van der Waals surface area contributed by atoms with Crippen molar-refractivity contribution in [2.24, 2.45) is 0 Å². The van der Waals surface area contributed by atoms with E-state index in [-0.39, 0.29) is 11.8 Å². The van der Waals surface area contributed by atoms with Gasteiger partial charge in [0.05, 0.1) is 6.54 Å². The largest absolute Gasteiger partial charge is 0.342 e. The van der Waals surface area contributed by atoms with Crippen LogP contribution in [0.5, 0.6) is 0 Å². The van der Waals surface area contributed by atoms with Crippen LogP contribution in [0.25, 0.3) is 5.69 Å². The summed E-state index contributed by atoms with van der Waals surface area (Å²) in [5, 5.41) is 0. The van der Waals surface area contributed by atoms with Gasteiger partial charge in [0.1, 0.15) is 0 Å². The highest BCUT2D eigenvalue weighted by atomic mass is 16.2. The molecule has 0 radical (unpaired) electrons. The van der Waals surface area contributed by atoms with E-state index >= 15 is 0 Å². The molecule has 3 rings (SSSR count). The van der Waals surface area contributed by atoms with Crippen LogP contribution in [0.1, 0.15) is 35.6 Å². The Morgan fingerprint density at radius 2 is 1.41 bits per heavy atom. The summed E-state index contributed by atoms with van der Waals surface area (Å²) in [6.45, 7) is 12.9. The normalized spacial score (nSPS) is 14.8. The summed E-state index contributed by atoms with van der Waals surface area (Å²) in [6.07, 6.45) is 0. The molecule has 1 saturated heterocycles. The average molecular weight is 397 g/mol. The molecule has 0 saturated carbocycles. The van der Waals surface area contributed by atoms with E-state index in [2.05, 4.69) is 35.4 Å². The lowest BCUT2D eigenvalue weighted by Crippen LogP contribution is -2.51. The van der Waals surface area contributed by atoms with Gasteiger partial charge in [-0.05, 0) is 64.1 Å². The lowest BCUT2D eigenvalue weighted by atomic mass is 10.1. The summed E-state index contributed by atoms with van der Waals surface area (Å²) in [6, 6.07) is 12.0. The van der Waals surface area contributed by atoms with Crippen LogP contribution in [0.4, 0.5) is 0 Å². The fourth-order valence-electron chi connectivity index (χ4n) is 3.99. The Kier molecular flexibility index (Phi) is 6.75. The van der Waals surface area contributed by atoms with Crippen molar-refractivity contribution in [2.45, 2.75) is 27.7 Å². The summed E-state index contributed by atoms with van der Waals surface area (Å²) in [4.78, 5) is 31.1. The van der Waals surface area contributed by atoms with E-state index in [1.54, 1.807) is 0 Å². The molecule has 1 aromatic carbocycles. The van der Waals surface area contributed by atoms with E-state index in [4.69, 9.17) is 0 Å². The third-order valence-corrected chi connectivity index (χ3v) is 5.78. The molecule has 1 aromatic heterocycles. The minimum atomic E-state index is 0.0622. The zero-order valence-corrected chi connectivity index (χ0v) is 18.0. The number of benzene rings is 1. The van der Waals surface area contributed by atoms with E-state index < -0.39 is 0 Å². The molecule has 1 aliphatic rings. The van der Waals surface area contributed by atoms with Crippen LogP contribution in [0, 0.1) is 13.8 Å². The van der Waals surface area contributed by atoms with Crippen LogP contribution in [0.3, 0.4) is 0 Å². The number of piperazine rings is 1.